The first-order valence-corrected chi connectivity index (χ1v) is 23.7. The number of para-hydroxylation sites is 1. The predicted molar refractivity (Wildman–Crippen MR) is 289 cm³/mol. The number of fused-ring (bicyclic) bond motifs is 1. The number of hydrogen-bond acceptors (Lipinski definition) is 3. The predicted octanol–water partition coefficient (Wildman–Crippen LogP) is 17.1. The Hall–Kier alpha value is -7.13. The molecule has 0 aliphatic heterocycles. The second-order valence-corrected chi connectivity index (χ2v) is 20.3. The summed E-state index contributed by atoms with van der Waals surface area (Å²) in [6.45, 7) is 14.4. The first-order valence-electron chi connectivity index (χ1n) is 25.2. The van der Waals surface area contributed by atoms with Gasteiger partial charge in [-0.15, -0.1) is 23.8 Å². The fourth-order valence-corrected chi connectivity index (χ4v) is 9.51. The zero-order chi connectivity index (χ0) is 50.7. The van der Waals surface area contributed by atoms with Gasteiger partial charge in [0.05, 0.1) is 22.3 Å². The fourth-order valence-electron chi connectivity index (χ4n) is 9.51. The Morgan fingerprint density at radius 1 is 0.543 bits per heavy atom. The van der Waals surface area contributed by atoms with Crippen LogP contribution in [0.1, 0.15) is 73.5 Å². The van der Waals surface area contributed by atoms with Crippen LogP contribution in [-0.2, 0) is 31.9 Å². The number of phenolic OH excluding ortho intramolecular Hbond substituents is 1. The molecule has 0 aliphatic carbocycles. The summed E-state index contributed by atoms with van der Waals surface area (Å²) in [6, 6.07) is 63.4. The van der Waals surface area contributed by atoms with Crippen molar-refractivity contribution >= 4 is 11.0 Å². The first kappa shape index (κ1) is 44.1. The normalized spacial score (nSPS) is 12.5. The van der Waals surface area contributed by atoms with Crippen LogP contribution in [0, 0.1) is 26.8 Å². The van der Waals surface area contributed by atoms with Crippen LogP contribution in [0.4, 0.5) is 0 Å². The number of hydrogen-bond donors (Lipinski definition) is 1. The molecule has 10 rings (SSSR count). The van der Waals surface area contributed by atoms with Crippen molar-refractivity contribution in [2.45, 2.75) is 73.1 Å². The van der Waals surface area contributed by atoms with Gasteiger partial charge in [0.1, 0.15) is 11.6 Å². The number of rotatable bonds is 8. The van der Waals surface area contributed by atoms with E-state index >= 15 is 0 Å². The van der Waals surface area contributed by atoms with Crippen molar-refractivity contribution in [3.63, 3.8) is 0 Å². The summed E-state index contributed by atoms with van der Waals surface area (Å²) >= 11 is 0. The van der Waals surface area contributed by atoms with Crippen molar-refractivity contribution in [2.24, 2.45) is 0 Å². The molecule has 8 aromatic carbocycles. The molecular weight excluding hydrogens is 1030 g/mol. The zero-order valence-electron chi connectivity index (χ0n) is 43.9. The van der Waals surface area contributed by atoms with Crippen molar-refractivity contribution in [3.8, 4) is 89.7 Å². The van der Waals surface area contributed by atoms with Gasteiger partial charge in [0.15, 0.2) is 0 Å². The van der Waals surface area contributed by atoms with E-state index in [4.69, 9.17) is 9.97 Å². The standard InChI is InChI=1S/C65H58N3O.Pt/c1-41-26-28-45(29-27-41)47-32-33-66-57(39-47)51-37-49(44-18-12-10-13-19-44)36-50(38-51)54-23-17-25-59-61(54)67-63(55-40-52(64(4,5)6)35-43(3)62(55)69)68(59)58-31-30-48(34-42(58)2)60-53(46-20-14-11-15-21-46)22-16-24-56(60)65(7,8)9;/h10-37,39-40,69H,1-9H3;/q-1;/i2D3;. The van der Waals surface area contributed by atoms with Crippen LogP contribution in [0.25, 0.3) is 95.0 Å². The van der Waals surface area contributed by atoms with E-state index in [2.05, 4.69) is 139 Å². The van der Waals surface area contributed by atoms with E-state index in [-0.39, 0.29) is 43.2 Å². The number of aromatic hydroxyl groups is 1. The van der Waals surface area contributed by atoms with Crippen molar-refractivity contribution in [1.29, 1.82) is 0 Å². The van der Waals surface area contributed by atoms with Gasteiger partial charge in [-0.1, -0.05) is 197 Å². The Bertz CT molecular complexity index is 3660. The number of aryl methyl sites for hydroxylation is 3. The van der Waals surface area contributed by atoms with E-state index in [0.717, 1.165) is 78.0 Å². The molecule has 4 nitrogen and oxygen atoms in total. The Balaban J connectivity index is 0.00000656. The van der Waals surface area contributed by atoms with Gasteiger partial charge in [-0.3, -0.25) is 9.55 Å². The molecule has 10 aromatic rings. The van der Waals surface area contributed by atoms with Gasteiger partial charge in [0, 0.05) is 37.1 Å². The van der Waals surface area contributed by atoms with E-state index in [1.807, 2.05) is 109 Å². The molecule has 0 bridgehead atoms. The third kappa shape index (κ3) is 9.21. The average molecular weight is 1100 g/mol. The summed E-state index contributed by atoms with van der Waals surface area (Å²) in [5.74, 6) is 0.508. The Kier molecular flexibility index (Phi) is 12.0. The number of imidazole rings is 1. The van der Waals surface area contributed by atoms with E-state index in [1.165, 1.54) is 5.56 Å². The molecule has 0 aliphatic rings. The molecule has 0 saturated carbocycles. The molecule has 0 spiro atoms. The second-order valence-electron chi connectivity index (χ2n) is 20.3. The SMILES string of the molecule is [2H]C([2H])([2H])c1cc(-c2c(-c3ccccc3)cccc2C(C)(C)C)ccc1-n1c(-c2cc(C(C)(C)C)cc(C)c2O)nc2c(-c3[c-]c(-c4cc(-c5ccc(C)cc5)ccn4)cc(-c4ccccc4)c3)cccc21.[Pt]. The van der Waals surface area contributed by atoms with Gasteiger partial charge in [-0.05, 0) is 123 Å². The van der Waals surface area contributed by atoms with Crippen LogP contribution >= 0.6 is 0 Å². The van der Waals surface area contributed by atoms with E-state index in [1.54, 1.807) is 0 Å². The molecule has 350 valence electrons. The van der Waals surface area contributed by atoms with E-state index in [9.17, 15) is 9.22 Å². The number of pyridine rings is 1. The summed E-state index contributed by atoms with van der Waals surface area (Å²) in [6.07, 6.45) is 1.85. The molecule has 0 unspecified atom stereocenters. The third-order valence-corrected chi connectivity index (χ3v) is 13.3. The third-order valence-electron chi connectivity index (χ3n) is 13.3. The smallest absolute Gasteiger partial charge is 0.148 e. The van der Waals surface area contributed by atoms with Crippen LogP contribution in [0.5, 0.6) is 5.75 Å². The molecule has 5 heteroatoms. The summed E-state index contributed by atoms with van der Waals surface area (Å²) < 4.78 is 29.7. The van der Waals surface area contributed by atoms with Crippen LogP contribution in [-0.4, -0.2) is 19.6 Å². The fraction of sp³-hybridized carbons (Fsp3) is 0.169. The molecule has 0 saturated heterocycles. The summed E-state index contributed by atoms with van der Waals surface area (Å²) in [7, 11) is 0. The molecule has 0 amide bonds. The monoisotopic (exact) mass is 1090 g/mol. The van der Waals surface area contributed by atoms with Crippen molar-refractivity contribution < 1.29 is 30.3 Å². The minimum atomic E-state index is -2.56. The molecule has 1 N–H and O–H groups in total. The van der Waals surface area contributed by atoms with Crippen LogP contribution < -0.4 is 0 Å². The quantitative estimate of drug-likeness (QED) is 0.154. The number of benzene rings is 8. The van der Waals surface area contributed by atoms with Gasteiger partial charge in [0.2, 0.25) is 0 Å². The summed E-state index contributed by atoms with van der Waals surface area (Å²) in [5.41, 5.74) is 17.1. The Labute approximate surface area is 432 Å². The van der Waals surface area contributed by atoms with Crippen molar-refractivity contribution in [2.75, 3.05) is 0 Å². The van der Waals surface area contributed by atoms with Gasteiger partial charge in [-0.25, -0.2) is 4.98 Å². The van der Waals surface area contributed by atoms with Crippen LogP contribution in [0.3, 0.4) is 0 Å². The maximum Gasteiger partial charge on any atom is 0.148 e. The number of nitrogens with zero attached hydrogens (tertiary/aromatic N) is 3. The maximum absolute atomic E-state index is 12.2. The molecular formula is C65H58N3OPt-. The van der Waals surface area contributed by atoms with Gasteiger partial charge in [-0.2, -0.15) is 0 Å². The largest absolute Gasteiger partial charge is 0.507 e. The minimum absolute atomic E-state index is 0. The molecule has 0 atom stereocenters. The van der Waals surface area contributed by atoms with Gasteiger partial charge in [0.25, 0.3) is 0 Å². The second kappa shape index (κ2) is 19.0. The van der Waals surface area contributed by atoms with Crippen LogP contribution in [0.2, 0.25) is 0 Å². The van der Waals surface area contributed by atoms with Gasteiger partial charge >= 0.3 is 0 Å². The topological polar surface area (TPSA) is 50.9 Å². The van der Waals surface area contributed by atoms with Crippen molar-refractivity contribution in [3.05, 3.63) is 216 Å². The average Bonchev–Trinajstić information content (AvgIpc) is 3.76. The van der Waals surface area contributed by atoms with E-state index in [0.29, 0.717) is 33.7 Å². The molecule has 2 aromatic heterocycles. The van der Waals surface area contributed by atoms with E-state index < -0.39 is 6.85 Å². The summed E-state index contributed by atoms with van der Waals surface area (Å²) in [5, 5.41) is 12.2. The molecule has 0 fully saturated rings. The molecule has 70 heavy (non-hydrogen) atoms. The first-order chi connectivity index (χ1) is 34.3. The minimum Gasteiger partial charge on any atom is -0.507 e. The Morgan fingerprint density at radius 2 is 1.20 bits per heavy atom. The number of phenols is 1. The summed E-state index contributed by atoms with van der Waals surface area (Å²) in [4.78, 5) is 10.4. The molecule has 0 radical (unpaired) electrons. The van der Waals surface area contributed by atoms with Gasteiger partial charge < -0.3 is 5.11 Å². The molecule has 2 heterocycles. The van der Waals surface area contributed by atoms with Crippen molar-refractivity contribution in [1.82, 2.24) is 14.5 Å². The van der Waals surface area contributed by atoms with Crippen LogP contribution in [0.15, 0.2) is 182 Å². The zero-order valence-corrected chi connectivity index (χ0v) is 43.2. The number of aromatic nitrogens is 3. The Morgan fingerprint density at radius 3 is 1.90 bits per heavy atom. The maximum atomic E-state index is 12.2.